The first kappa shape index (κ1) is 16.3. The standard InChI is InChI=1S/C19H20FN3OS/c1-2-23-18(24)16-14-5-3-4-6-15(14)25-17(16)22-19(23)21-11-12-7-9-13(20)10-8-12/h7-10H,2-6,11H2,1H3,(H,21,22). The minimum Gasteiger partial charge on any atom is -0.351 e. The quantitative estimate of drug-likeness (QED) is 0.764. The number of aryl methyl sites for hydroxylation is 2. The Morgan fingerprint density at radius 2 is 2.00 bits per heavy atom. The van der Waals surface area contributed by atoms with E-state index in [0.717, 1.165) is 35.0 Å². The molecule has 2 aromatic heterocycles. The summed E-state index contributed by atoms with van der Waals surface area (Å²) in [6.45, 7) is 3.03. The van der Waals surface area contributed by atoms with Gasteiger partial charge in [0.25, 0.3) is 5.56 Å². The van der Waals surface area contributed by atoms with Crippen molar-refractivity contribution in [2.75, 3.05) is 5.32 Å². The van der Waals surface area contributed by atoms with E-state index in [1.165, 1.54) is 29.0 Å². The smallest absolute Gasteiger partial charge is 0.263 e. The monoisotopic (exact) mass is 357 g/mol. The van der Waals surface area contributed by atoms with Crippen LogP contribution in [0, 0.1) is 5.82 Å². The summed E-state index contributed by atoms with van der Waals surface area (Å²) in [7, 11) is 0. The third-order valence-electron chi connectivity index (χ3n) is 4.75. The van der Waals surface area contributed by atoms with Gasteiger partial charge in [-0.25, -0.2) is 9.37 Å². The fourth-order valence-corrected chi connectivity index (χ4v) is 4.70. The highest BCUT2D eigenvalue weighted by molar-refractivity contribution is 7.18. The molecule has 0 unspecified atom stereocenters. The fraction of sp³-hybridized carbons (Fsp3) is 0.368. The first-order valence-corrected chi connectivity index (χ1v) is 9.52. The normalized spacial score (nSPS) is 13.8. The van der Waals surface area contributed by atoms with Gasteiger partial charge in [-0.15, -0.1) is 11.3 Å². The Bertz CT molecular complexity index is 975. The Morgan fingerprint density at radius 1 is 1.24 bits per heavy atom. The highest BCUT2D eigenvalue weighted by Crippen LogP contribution is 2.34. The summed E-state index contributed by atoms with van der Waals surface area (Å²) in [6.07, 6.45) is 4.38. The van der Waals surface area contributed by atoms with Crippen molar-refractivity contribution in [1.82, 2.24) is 9.55 Å². The average Bonchev–Trinajstić information content (AvgIpc) is 3.00. The number of halogens is 1. The van der Waals surface area contributed by atoms with Crippen LogP contribution in [0.15, 0.2) is 29.1 Å². The molecule has 4 rings (SSSR count). The molecule has 1 aromatic carbocycles. The third kappa shape index (κ3) is 2.95. The zero-order valence-corrected chi connectivity index (χ0v) is 15.0. The van der Waals surface area contributed by atoms with E-state index in [0.29, 0.717) is 19.0 Å². The number of benzene rings is 1. The Hall–Kier alpha value is -2.21. The van der Waals surface area contributed by atoms with Crippen LogP contribution in [0.25, 0.3) is 10.2 Å². The van der Waals surface area contributed by atoms with Gasteiger partial charge < -0.3 is 5.32 Å². The maximum atomic E-state index is 13.0. The average molecular weight is 357 g/mol. The van der Waals surface area contributed by atoms with Crippen molar-refractivity contribution in [3.05, 3.63) is 56.4 Å². The predicted octanol–water partition coefficient (Wildman–Crippen LogP) is 4.11. The lowest BCUT2D eigenvalue weighted by atomic mass is 9.97. The molecule has 0 radical (unpaired) electrons. The van der Waals surface area contributed by atoms with Gasteiger partial charge in [0.15, 0.2) is 0 Å². The lowest BCUT2D eigenvalue weighted by molar-refractivity contribution is 0.627. The van der Waals surface area contributed by atoms with Crippen LogP contribution in [0.5, 0.6) is 0 Å². The van der Waals surface area contributed by atoms with Crippen molar-refractivity contribution >= 4 is 27.5 Å². The SMILES string of the molecule is CCn1c(NCc2ccc(F)cc2)nc2sc3c(c2c1=O)CCCC3. The van der Waals surface area contributed by atoms with E-state index in [-0.39, 0.29) is 11.4 Å². The van der Waals surface area contributed by atoms with E-state index < -0.39 is 0 Å². The van der Waals surface area contributed by atoms with E-state index in [2.05, 4.69) is 5.32 Å². The van der Waals surface area contributed by atoms with E-state index in [1.54, 1.807) is 28.0 Å². The summed E-state index contributed by atoms with van der Waals surface area (Å²) < 4.78 is 14.7. The van der Waals surface area contributed by atoms with Crippen LogP contribution < -0.4 is 10.9 Å². The molecule has 0 saturated carbocycles. The van der Waals surface area contributed by atoms with Crippen molar-refractivity contribution < 1.29 is 4.39 Å². The van der Waals surface area contributed by atoms with Gasteiger partial charge in [0.2, 0.25) is 5.95 Å². The van der Waals surface area contributed by atoms with Gasteiger partial charge in [-0.2, -0.15) is 0 Å². The minimum atomic E-state index is -0.252. The fourth-order valence-electron chi connectivity index (χ4n) is 3.45. The van der Waals surface area contributed by atoms with Gasteiger partial charge in [0, 0.05) is 18.0 Å². The summed E-state index contributed by atoms with van der Waals surface area (Å²) >= 11 is 1.66. The molecular weight excluding hydrogens is 337 g/mol. The first-order chi connectivity index (χ1) is 12.2. The Balaban J connectivity index is 1.73. The zero-order valence-electron chi connectivity index (χ0n) is 14.1. The van der Waals surface area contributed by atoms with Crippen LogP contribution in [-0.2, 0) is 25.9 Å². The summed E-state index contributed by atoms with van der Waals surface area (Å²) in [5, 5.41) is 4.06. The molecule has 2 heterocycles. The molecule has 1 N–H and O–H groups in total. The second-order valence-corrected chi connectivity index (χ2v) is 7.44. The van der Waals surface area contributed by atoms with E-state index in [4.69, 9.17) is 4.98 Å². The predicted molar refractivity (Wildman–Crippen MR) is 99.9 cm³/mol. The summed E-state index contributed by atoms with van der Waals surface area (Å²) in [4.78, 5) is 19.9. The van der Waals surface area contributed by atoms with Gasteiger partial charge >= 0.3 is 0 Å². The molecule has 0 aliphatic heterocycles. The number of fused-ring (bicyclic) bond motifs is 3. The van der Waals surface area contributed by atoms with Crippen LogP contribution in [-0.4, -0.2) is 9.55 Å². The Morgan fingerprint density at radius 3 is 2.76 bits per heavy atom. The maximum Gasteiger partial charge on any atom is 0.263 e. The van der Waals surface area contributed by atoms with Crippen molar-refractivity contribution in [2.24, 2.45) is 0 Å². The van der Waals surface area contributed by atoms with E-state index in [1.807, 2.05) is 6.92 Å². The van der Waals surface area contributed by atoms with Crippen LogP contribution in [0.1, 0.15) is 35.8 Å². The third-order valence-corrected chi connectivity index (χ3v) is 5.94. The molecule has 0 atom stereocenters. The number of rotatable bonds is 4. The van der Waals surface area contributed by atoms with Gasteiger partial charge in [0.1, 0.15) is 10.6 Å². The molecule has 0 bridgehead atoms. The first-order valence-electron chi connectivity index (χ1n) is 8.70. The van der Waals surface area contributed by atoms with Gasteiger partial charge in [-0.05, 0) is 55.9 Å². The summed E-state index contributed by atoms with van der Waals surface area (Å²) in [5.41, 5.74) is 2.22. The maximum absolute atomic E-state index is 13.0. The number of hydrogen-bond acceptors (Lipinski definition) is 4. The number of hydrogen-bond donors (Lipinski definition) is 1. The lowest BCUT2D eigenvalue weighted by Crippen LogP contribution is -2.24. The summed E-state index contributed by atoms with van der Waals surface area (Å²) in [6, 6.07) is 6.35. The van der Waals surface area contributed by atoms with Crippen molar-refractivity contribution in [3.8, 4) is 0 Å². The number of anilines is 1. The highest BCUT2D eigenvalue weighted by atomic mass is 32.1. The van der Waals surface area contributed by atoms with Crippen LogP contribution >= 0.6 is 11.3 Å². The highest BCUT2D eigenvalue weighted by Gasteiger charge is 2.21. The molecule has 0 saturated heterocycles. The van der Waals surface area contributed by atoms with Crippen molar-refractivity contribution in [2.45, 2.75) is 45.7 Å². The molecular formula is C19H20FN3OS. The molecule has 6 heteroatoms. The molecule has 0 amide bonds. The molecule has 130 valence electrons. The van der Waals surface area contributed by atoms with E-state index >= 15 is 0 Å². The van der Waals surface area contributed by atoms with Gasteiger partial charge in [-0.3, -0.25) is 9.36 Å². The number of thiophene rings is 1. The molecule has 1 aliphatic rings. The number of nitrogens with one attached hydrogen (secondary N) is 1. The second-order valence-electron chi connectivity index (χ2n) is 6.36. The number of aromatic nitrogens is 2. The van der Waals surface area contributed by atoms with Crippen molar-refractivity contribution in [1.29, 1.82) is 0 Å². The van der Waals surface area contributed by atoms with Crippen LogP contribution in [0.2, 0.25) is 0 Å². The molecule has 0 spiro atoms. The molecule has 1 aliphatic carbocycles. The Kier molecular flexibility index (Phi) is 4.29. The summed E-state index contributed by atoms with van der Waals surface area (Å²) in [5.74, 6) is 0.334. The minimum absolute atomic E-state index is 0.0495. The molecule has 3 aromatic rings. The molecule has 0 fully saturated rings. The largest absolute Gasteiger partial charge is 0.351 e. The Labute approximate surface area is 149 Å². The molecule has 4 nitrogen and oxygen atoms in total. The zero-order chi connectivity index (χ0) is 17.4. The lowest BCUT2D eigenvalue weighted by Gasteiger charge is -2.13. The number of nitrogens with zero attached hydrogens (tertiary/aromatic N) is 2. The van der Waals surface area contributed by atoms with E-state index in [9.17, 15) is 9.18 Å². The second kappa shape index (κ2) is 6.59. The van der Waals surface area contributed by atoms with Crippen LogP contribution in [0.4, 0.5) is 10.3 Å². The van der Waals surface area contributed by atoms with Gasteiger partial charge in [0.05, 0.1) is 5.39 Å². The van der Waals surface area contributed by atoms with Crippen molar-refractivity contribution in [3.63, 3.8) is 0 Å². The van der Waals surface area contributed by atoms with Gasteiger partial charge in [-0.1, -0.05) is 12.1 Å². The van der Waals surface area contributed by atoms with Crippen LogP contribution in [0.3, 0.4) is 0 Å². The topological polar surface area (TPSA) is 46.9 Å². The molecule has 25 heavy (non-hydrogen) atoms.